The Hall–Kier alpha value is -3.03. The fraction of sp³-hybridized carbons (Fsp3) is 0.522. The first-order valence-corrected chi connectivity index (χ1v) is 11.0. The number of piperazine rings is 2. The van der Waals surface area contributed by atoms with Gasteiger partial charge in [-0.05, 0) is 38.5 Å². The molecule has 2 saturated heterocycles. The number of rotatable bonds is 4. The minimum Gasteiger partial charge on any atom is -0.450 e. The van der Waals surface area contributed by atoms with E-state index in [1.807, 2.05) is 4.90 Å². The summed E-state index contributed by atoms with van der Waals surface area (Å²) in [5.41, 5.74) is 2.67. The zero-order chi connectivity index (χ0) is 22.1. The largest absolute Gasteiger partial charge is 0.450 e. The maximum Gasteiger partial charge on any atom is 0.409 e. The van der Waals surface area contributed by atoms with Crippen molar-refractivity contribution < 1.29 is 9.53 Å². The summed E-state index contributed by atoms with van der Waals surface area (Å²) in [6, 6.07) is 8.66. The normalized spacial score (nSPS) is 19.8. The highest BCUT2D eigenvalue weighted by Gasteiger charge is 2.35. The Balaban J connectivity index is 1.45. The van der Waals surface area contributed by atoms with E-state index in [2.05, 4.69) is 47.9 Å². The third kappa shape index (κ3) is 3.98. The van der Waals surface area contributed by atoms with Gasteiger partial charge in [0.05, 0.1) is 6.61 Å². The summed E-state index contributed by atoms with van der Waals surface area (Å²) in [5, 5.41) is 0. The first kappa shape index (κ1) is 21.2. The van der Waals surface area contributed by atoms with Crippen molar-refractivity contribution in [2.24, 2.45) is 0 Å². The third-order valence-electron chi connectivity index (χ3n) is 6.26. The molecule has 0 aromatic heterocycles. The van der Waals surface area contributed by atoms with Crippen LogP contribution in [0.15, 0.2) is 33.9 Å². The standard InChI is InChI=1S/C23H30N4O4/c1-4-31-23(30)25-10-8-24(9-11-25)19-20(22(29)21(19)28)26-12-13-27(17(3)15-26)18-7-5-6-16(2)14-18/h5-7,14,17H,4,8-13,15H2,1-3H3/t17-/m1/s1. The second kappa shape index (κ2) is 8.61. The molecular weight excluding hydrogens is 396 g/mol. The smallest absolute Gasteiger partial charge is 0.409 e. The lowest BCUT2D eigenvalue weighted by atomic mass is 10.1. The van der Waals surface area contributed by atoms with Crippen LogP contribution < -0.4 is 25.6 Å². The average Bonchev–Trinajstić information content (AvgIpc) is 2.77. The lowest BCUT2D eigenvalue weighted by Gasteiger charge is -2.44. The summed E-state index contributed by atoms with van der Waals surface area (Å²) in [6.07, 6.45) is -0.325. The maximum absolute atomic E-state index is 12.5. The van der Waals surface area contributed by atoms with Gasteiger partial charge in [-0.15, -0.1) is 0 Å². The molecule has 0 unspecified atom stereocenters. The number of carbonyl (C=O) groups is 1. The number of carbonyl (C=O) groups excluding carboxylic acids is 1. The van der Waals surface area contributed by atoms with Crippen molar-refractivity contribution in [3.63, 3.8) is 0 Å². The van der Waals surface area contributed by atoms with Gasteiger partial charge in [0.1, 0.15) is 11.4 Å². The van der Waals surface area contributed by atoms with Crippen molar-refractivity contribution in [2.75, 3.05) is 67.1 Å². The molecule has 2 aromatic rings. The van der Waals surface area contributed by atoms with Crippen LogP contribution in [0.25, 0.3) is 0 Å². The van der Waals surface area contributed by atoms with Crippen molar-refractivity contribution in [3.05, 3.63) is 50.3 Å². The highest BCUT2D eigenvalue weighted by atomic mass is 16.6. The minimum absolute atomic E-state index is 0.216. The van der Waals surface area contributed by atoms with E-state index in [0.29, 0.717) is 57.3 Å². The highest BCUT2D eigenvalue weighted by Crippen LogP contribution is 2.29. The highest BCUT2D eigenvalue weighted by molar-refractivity contribution is 5.77. The number of anilines is 3. The predicted molar refractivity (Wildman–Crippen MR) is 122 cm³/mol. The molecule has 2 heterocycles. The van der Waals surface area contributed by atoms with Crippen LogP contribution in [0.5, 0.6) is 0 Å². The zero-order valence-corrected chi connectivity index (χ0v) is 18.5. The van der Waals surface area contributed by atoms with Gasteiger partial charge in [-0.2, -0.15) is 0 Å². The molecule has 2 fully saturated rings. The molecule has 8 heteroatoms. The Bertz CT molecular complexity index is 1020. The molecule has 1 amide bonds. The van der Waals surface area contributed by atoms with E-state index in [9.17, 15) is 14.4 Å². The van der Waals surface area contributed by atoms with Gasteiger partial charge >= 0.3 is 6.09 Å². The lowest BCUT2D eigenvalue weighted by molar-refractivity contribution is 0.105. The van der Waals surface area contributed by atoms with Crippen LogP contribution in [-0.2, 0) is 4.74 Å². The summed E-state index contributed by atoms with van der Waals surface area (Å²) in [7, 11) is 0. The SMILES string of the molecule is CCOC(=O)N1CCN(c2c(N3CCN(c4cccc(C)c4)[C@H](C)C3)c(=O)c2=O)CC1. The van der Waals surface area contributed by atoms with E-state index in [1.165, 1.54) is 11.3 Å². The van der Waals surface area contributed by atoms with Crippen molar-refractivity contribution in [1.82, 2.24) is 4.90 Å². The Morgan fingerprint density at radius 1 is 1.00 bits per heavy atom. The fourth-order valence-corrected chi connectivity index (χ4v) is 4.63. The summed E-state index contributed by atoms with van der Waals surface area (Å²) >= 11 is 0. The number of benzene rings is 1. The molecule has 0 spiro atoms. The van der Waals surface area contributed by atoms with Crippen LogP contribution >= 0.6 is 0 Å². The number of hydrogen-bond donors (Lipinski definition) is 0. The predicted octanol–water partition coefficient (Wildman–Crippen LogP) is 1.58. The number of amides is 1. The minimum atomic E-state index is -0.409. The molecule has 4 rings (SSSR count). The molecule has 2 aliphatic rings. The van der Waals surface area contributed by atoms with Gasteiger partial charge in [0.15, 0.2) is 0 Å². The molecule has 0 radical (unpaired) electrons. The number of aryl methyl sites for hydroxylation is 1. The second-order valence-corrected chi connectivity index (χ2v) is 8.36. The summed E-state index contributed by atoms with van der Waals surface area (Å²) in [6.45, 7) is 10.5. The molecule has 0 N–H and O–H groups in total. The topological polar surface area (TPSA) is 73.4 Å². The third-order valence-corrected chi connectivity index (χ3v) is 6.26. The van der Waals surface area contributed by atoms with Crippen LogP contribution in [0.3, 0.4) is 0 Å². The fourth-order valence-electron chi connectivity index (χ4n) is 4.63. The Morgan fingerprint density at radius 2 is 1.65 bits per heavy atom. The Morgan fingerprint density at radius 3 is 2.26 bits per heavy atom. The second-order valence-electron chi connectivity index (χ2n) is 8.36. The van der Waals surface area contributed by atoms with Crippen LogP contribution in [0.2, 0.25) is 0 Å². The molecule has 8 nitrogen and oxygen atoms in total. The van der Waals surface area contributed by atoms with Gasteiger partial charge in [0.25, 0.3) is 10.9 Å². The number of nitrogens with zero attached hydrogens (tertiary/aromatic N) is 4. The molecule has 31 heavy (non-hydrogen) atoms. The molecule has 0 saturated carbocycles. The van der Waals surface area contributed by atoms with Gasteiger partial charge in [-0.1, -0.05) is 12.1 Å². The Labute approximate surface area is 182 Å². The van der Waals surface area contributed by atoms with E-state index >= 15 is 0 Å². The van der Waals surface area contributed by atoms with E-state index < -0.39 is 5.43 Å². The molecule has 2 aliphatic heterocycles. The van der Waals surface area contributed by atoms with E-state index in [1.54, 1.807) is 11.8 Å². The van der Waals surface area contributed by atoms with Crippen molar-refractivity contribution in [2.45, 2.75) is 26.8 Å². The van der Waals surface area contributed by atoms with Gasteiger partial charge in [-0.3, -0.25) is 9.59 Å². The monoisotopic (exact) mass is 426 g/mol. The Kier molecular flexibility index (Phi) is 5.89. The quantitative estimate of drug-likeness (QED) is 0.688. The molecular formula is C23H30N4O4. The zero-order valence-electron chi connectivity index (χ0n) is 18.5. The van der Waals surface area contributed by atoms with E-state index in [4.69, 9.17) is 4.74 Å². The molecule has 0 aliphatic carbocycles. The first-order chi connectivity index (χ1) is 14.9. The van der Waals surface area contributed by atoms with E-state index in [0.717, 1.165) is 6.54 Å². The molecule has 166 valence electrons. The van der Waals surface area contributed by atoms with E-state index in [-0.39, 0.29) is 17.6 Å². The van der Waals surface area contributed by atoms with Gasteiger partial charge < -0.3 is 24.3 Å². The number of hydrogen-bond acceptors (Lipinski definition) is 7. The number of ether oxygens (including phenoxy) is 1. The van der Waals surface area contributed by atoms with Gasteiger partial charge in [0.2, 0.25) is 0 Å². The van der Waals surface area contributed by atoms with Crippen LogP contribution in [0, 0.1) is 6.92 Å². The maximum atomic E-state index is 12.5. The van der Waals surface area contributed by atoms with Crippen molar-refractivity contribution in [1.29, 1.82) is 0 Å². The molecule has 2 aromatic carbocycles. The molecule has 0 bridgehead atoms. The van der Waals surface area contributed by atoms with Gasteiger partial charge in [-0.25, -0.2) is 4.79 Å². The summed E-state index contributed by atoms with van der Waals surface area (Å²) in [4.78, 5) is 44.9. The first-order valence-electron chi connectivity index (χ1n) is 11.0. The van der Waals surface area contributed by atoms with Crippen LogP contribution in [0.4, 0.5) is 21.9 Å². The van der Waals surface area contributed by atoms with Crippen molar-refractivity contribution in [3.8, 4) is 0 Å². The van der Waals surface area contributed by atoms with Crippen LogP contribution in [0.1, 0.15) is 19.4 Å². The van der Waals surface area contributed by atoms with Gasteiger partial charge in [0, 0.05) is 57.5 Å². The van der Waals surface area contributed by atoms with Crippen LogP contribution in [-0.4, -0.2) is 69.5 Å². The lowest BCUT2D eigenvalue weighted by Crippen LogP contribution is -2.58. The van der Waals surface area contributed by atoms with Crippen molar-refractivity contribution >= 4 is 23.2 Å². The molecule has 1 atom stereocenters. The summed E-state index contributed by atoms with van der Waals surface area (Å²) in [5.74, 6) is 0. The average molecular weight is 427 g/mol. The summed E-state index contributed by atoms with van der Waals surface area (Å²) < 4.78 is 5.06.